The van der Waals surface area contributed by atoms with Crippen LogP contribution >= 0.6 is 11.6 Å². The zero-order valence-electron chi connectivity index (χ0n) is 6.48. The highest BCUT2D eigenvalue weighted by Gasteiger charge is 2.06. The summed E-state index contributed by atoms with van der Waals surface area (Å²) < 4.78 is 0. The molecule has 2 nitrogen and oxygen atoms in total. The number of amides is 1. The zero-order valence-corrected chi connectivity index (χ0v) is 7.24. The Kier molecular flexibility index (Phi) is 5.40. The largest absolute Gasteiger partial charge is 0.355 e. The quantitative estimate of drug-likeness (QED) is 0.494. The van der Waals surface area contributed by atoms with Gasteiger partial charge in [0.2, 0.25) is 5.91 Å². The maximum atomic E-state index is 10.8. The van der Waals surface area contributed by atoms with Crippen molar-refractivity contribution in [1.82, 2.24) is 5.32 Å². The summed E-state index contributed by atoms with van der Waals surface area (Å²) in [4.78, 5) is 10.8. The fourth-order valence-electron chi connectivity index (χ4n) is 0.529. The van der Waals surface area contributed by atoms with Gasteiger partial charge in [0.15, 0.2) is 0 Å². The van der Waals surface area contributed by atoms with Gasteiger partial charge in [-0.15, -0.1) is 11.6 Å². The number of carbonyl (C=O) groups is 1. The van der Waals surface area contributed by atoms with Crippen molar-refractivity contribution >= 4 is 17.5 Å². The van der Waals surface area contributed by atoms with Crippen LogP contribution in [0.25, 0.3) is 0 Å². The molecule has 0 aliphatic heterocycles. The number of unbranched alkanes of at least 4 members (excludes halogenated alkanes) is 1. The molecule has 3 heteroatoms. The maximum absolute atomic E-state index is 10.8. The van der Waals surface area contributed by atoms with Gasteiger partial charge in [-0.25, -0.2) is 0 Å². The van der Waals surface area contributed by atoms with Crippen LogP contribution in [-0.4, -0.2) is 17.8 Å². The van der Waals surface area contributed by atoms with E-state index in [1.807, 2.05) is 0 Å². The number of alkyl halides is 1. The van der Waals surface area contributed by atoms with Crippen molar-refractivity contribution in [3.8, 4) is 0 Å². The molecular formula is C7H14ClNO. The predicted octanol–water partition coefficient (Wildman–Crippen LogP) is 1.53. The van der Waals surface area contributed by atoms with Crippen molar-refractivity contribution < 1.29 is 4.79 Å². The molecule has 0 bridgehead atoms. The zero-order chi connectivity index (χ0) is 7.98. The molecule has 60 valence electrons. The van der Waals surface area contributed by atoms with Gasteiger partial charge < -0.3 is 5.32 Å². The number of nitrogens with one attached hydrogen (secondary N) is 1. The molecule has 0 aromatic rings. The fraction of sp³-hybridized carbons (Fsp3) is 0.857. The van der Waals surface area contributed by atoms with E-state index in [0.717, 1.165) is 19.4 Å². The minimum Gasteiger partial charge on any atom is -0.355 e. The van der Waals surface area contributed by atoms with Gasteiger partial charge >= 0.3 is 0 Å². The van der Waals surface area contributed by atoms with E-state index in [0.29, 0.717) is 0 Å². The topological polar surface area (TPSA) is 29.1 Å². The summed E-state index contributed by atoms with van der Waals surface area (Å²) in [5, 5.41) is 2.31. The standard InChI is InChI=1S/C7H14ClNO/c1-3-4-5-9-7(10)6(2)8/h6H,3-5H2,1-2H3,(H,9,10). The SMILES string of the molecule is CCCCNC(=O)C(C)Cl. The normalized spacial score (nSPS) is 12.7. The molecule has 0 rings (SSSR count). The molecule has 0 heterocycles. The van der Waals surface area contributed by atoms with Gasteiger partial charge in [-0.2, -0.15) is 0 Å². The Labute approximate surface area is 66.9 Å². The Balaban J connectivity index is 3.22. The van der Waals surface area contributed by atoms with E-state index in [4.69, 9.17) is 11.6 Å². The van der Waals surface area contributed by atoms with Gasteiger partial charge in [0, 0.05) is 6.54 Å². The number of hydrogen-bond acceptors (Lipinski definition) is 1. The van der Waals surface area contributed by atoms with Gasteiger partial charge in [-0.3, -0.25) is 4.79 Å². The Hall–Kier alpha value is -0.240. The van der Waals surface area contributed by atoms with Gasteiger partial charge in [0.25, 0.3) is 0 Å². The lowest BCUT2D eigenvalue weighted by Gasteiger charge is -2.03. The minimum absolute atomic E-state index is 0.0740. The van der Waals surface area contributed by atoms with Crippen LogP contribution in [0.15, 0.2) is 0 Å². The van der Waals surface area contributed by atoms with Crippen LogP contribution in [0.2, 0.25) is 0 Å². The summed E-state index contributed by atoms with van der Waals surface area (Å²) >= 11 is 5.50. The molecule has 1 N–H and O–H groups in total. The van der Waals surface area contributed by atoms with Gasteiger partial charge in [-0.1, -0.05) is 13.3 Å². The fourth-order valence-corrected chi connectivity index (χ4v) is 0.606. The van der Waals surface area contributed by atoms with Crippen molar-refractivity contribution in [2.75, 3.05) is 6.54 Å². The molecule has 0 radical (unpaired) electrons. The molecule has 1 atom stereocenters. The maximum Gasteiger partial charge on any atom is 0.237 e. The first-order valence-electron chi connectivity index (χ1n) is 3.60. The molecule has 0 aliphatic rings. The van der Waals surface area contributed by atoms with Crippen molar-refractivity contribution in [3.05, 3.63) is 0 Å². The first-order chi connectivity index (χ1) is 4.68. The molecule has 10 heavy (non-hydrogen) atoms. The van der Waals surface area contributed by atoms with Crippen LogP contribution in [0.4, 0.5) is 0 Å². The highest BCUT2D eigenvalue weighted by molar-refractivity contribution is 6.30. The lowest BCUT2D eigenvalue weighted by Crippen LogP contribution is -2.30. The molecule has 0 saturated carbocycles. The van der Waals surface area contributed by atoms with Gasteiger partial charge in [0.1, 0.15) is 5.38 Å². The molecule has 0 aromatic heterocycles. The number of hydrogen-bond donors (Lipinski definition) is 1. The van der Waals surface area contributed by atoms with E-state index in [-0.39, 0.29) is 5.91 Å². The number of halogens is 1. The molecule has 0 saturated heterocycles. The molecular weight excluding hydrogens is 150 g/mol. The van der Waals surface area contributed by atoms with Crippen molar-refractivity contribution in [2.45, 2.75) is 32.1 Å². The van der Waals surface area contributed by atoms with Crippen molar-refractivity contribution in [3.63, 3.8) is 0 Å². The molecule has 0 aromatic carbocycles. The van der Waals surface area contributed by atoms with E-state index in [1.54, 1.807) is 6.92 Å². The Morgan fingerprint density at radius 2 is 2.30 bits per heavy atom. The van der Waals surface area contributed by atoms with Crippen LogP contribution < -0.4 is 5.32 Å². The summed E-state index contributed by atoms with van der Waals surface area (Å²) in [7, 11) is 0. The Bertz CT molecular complexity index is 104. The first kappa shape index (κ1) is 9.76. The second kappa shape index (κ2) is 5.54. The highest BCUT2D eigenvalue weighted by atomic mass is 35.5. The Morgan fingerprint density at radius 3 is 2.70 bits per heavy atom. The third-order valence-corrected chi connectivity index (χ3v) is 1.39. The molecule has 0 aliphatic carbocycles. The predicted molar refractivity (Wildman–Crippen MR) is 43.2 cm³/mol. The van der Waals surface area contributed by atoms with Gasteiger partial charge in [0.05, 0.1) is 0 Å². The van der Waals surface area contributed by atoms with E-state index in [1.165, 1.54) is 0 Å². The summed E-state index contributed by atoms with van der Waals surface area (Å²) in [6, 6.07) is 0. The third-order valence-electron chi connectivity index (χ3n) is 1.19. The lowest BCUT2D eigenvalue weighted by molar-refractivity contribution is -0.120. The highest BCUT2D eigenvalue weighted by Crippen LogP contribution is 1.92. The summed E-state index contributed by atoms with van der Waals surface area (Å²) in [5.74, 6) is -0.0740. The third kappa shape index (κ3) is 4.62. The van der Waals surface area contributed by atoms with E-state index in [9.17, 15) is 4.79 Å². The molecule has 1 unspecified atom stereocenters. The smallest absolute Gasteiger partial charge is 0.237 e. The monoisotopic (exact) mass is 163 g/mol. The molecule has 1 amide bonds. The van der Waals surface area contributed by atoms with Crippen molar-refractivity contribution in [2.24, 2.45) is 0 Å². The minimum atomic E-state index is -0.406. The van der Waals surface area contributed by atoms with Crippen molar-refractivity contribution in [1.29, 1.82) is 0 Å². The Morgan fingerprint density at radius 1 is 1.70 bits per heavy atom. The van der Waals surface area contributed by atoms with Crippen LogP contribution in [0.3, 0.4) is 0 Å². The summed E-state index contributed by atoms with van der Waals surface area (Å²) in [6.07, 6.45) is 2.12. The number of carbonyl (C=O) groups excluding carboxylic acids is 1. The first-order valence-corrected chi connectivity index (χ1v) is 4.04. The average Bonchev–Trinajstić information content (AvgIpc) is 1.88. The van der Waals surface area contributed by atoms with Crippen LogP contribution in [0, 0.1) is 0 Å². The van der Waals surface area contributed by atoms with E-state index < -0.39 is 5.38 Å². The van der Waals surface area contributed by atoms with E-state index in [2.05, 4.69) is 12.2 Å². The van der Waals surface area contributed by atoms with Gasteiger partial charge in [-0.05, 0) is 13.3 Å². The van der Waals surface area contributed by atoms with Crippen LogP contribution in [0.5, 0.6) is 0 Å². The second-order valence-corrected chi connectivity index (χ2v) is 2.92. The van der Waals surface area contributed by atoms with Crippen LogP contribution in [0.1, 0.15) is 26.7 Å². The summed E-state index contributed by atoms with van der Waals surface area (Å²) in [6.45, 7) is 4.49. The molecule has 0 spiro atoms. The molecule has 0 fully saturated rings. The number of rotatable bonds is 4. The lowest BCUT2D eigenvalue weighted by atomic mass is 10.3. The second-order valence-electron chi connectivity index (χ2n) is 2.26. The summed E-state index contributed by atoms with van der Waals surface area (Å²) in [5.41, 5.74) is 0. The van der Waals surface area contributed by atoms with Crippen LogP contribution in [-0.2, 0) is 4.79 Å². The van der Waals surface area contributed by atoms with E-state index >= 15 is 0 Å². The average molecular weight is 164 g/mol.